The summed E-state index contributed by atoms with van der Waals surface area (Å²) in [6, 6.07) is 0.353. The standard InChI is InChI=1S/C13H17N4O2.3CH3.Sn/c1-19-10-4-2-9(3-5-10)17-8-11(18)16-12-13(17)15-7-6-14-12;;;;/h6,9-10H,2-5,8H2,1H3,(H,14,16,18);3*1H3;/t9-,10+;;;;. The first-order valence-electron chi connectivity index (χ1n) is 8.35. The molecule has 1 saturated carbocycles. The number of methoxy groups -OCH3 is 1. The van der Waals surface area contributed by atoms with Gasteiger partial charge in [0.25, 0.3) is 0 Å². The van der Waals surface area contributed by atoms with E-state index in [0.717, 1.165) is 35.2 Å². The van der Waals surface area contributed by atoms with Gasteiger partial charge in [-0.3, -0.25) is 0 Å². The Labute approximate surface area is 141 Å². The summed E-state index contributed by atoms with van der Waals surface area (Å²) < 4.78 is 6.62. The van der Waals surface area contributed by atoms with Crippen LogP contribution in [-0.4, -0.2) is 60.1 Å². The fourth-order valence-electron chi connectivity index (χ4n) is 3.32. The average Bonchev–Trinajstić information content (AvgIpc) is 2.53. The van der Waals surface area contributed by atoms with E-state index in [-0.39, 0.29) is 5.91 Å². The molecule has 1 aromatic rings. The van der Waals surface area contributed by atoms with Crippen molar-refractivity contribution >= 4 is 39.6 Å². The molecule has 1 amide bonds. The van der Waals surface area contributed by atoms with Crippen LogP contribution in [0.2, 0.25) is 14.8 Å². The number of carbonyl (C=O) groups is 1. The van der Waals surface area contributed by atoms with Crippen LogP contribution in [0.25, 0.3) is 0 Å². The Kier molecular flexibility index (Phi) is 4.82. The first kappa shape index (κ1) is 16.9. The second-order valence-corrected chi connectivity index (χ2v) is 21.8. The SMILES string of the molecule is CO[C@H]1CC[C@@H](N2CC(=O)Nc3nc[c]([Sn]([CH3])([CH3])[CH3])nc32)CC1. The van der Waals surface area contributed by atoms with Gasteiger partial charge in [-0.2, -0.15) is 0 Å². The molecule has 2 heterocycles. The van der Waals surface area contributed by atoms with Crippen LogP contribution in [-0.2, 0) is 9.53 Å². The van der Waals surface area contributed by atoms with Gasteiger partial charge in [0.1, 0.15) is 0 Å². The minimum absolute atomic E-state index is 0.00712. The molecule has 7 heteroatoms. The molecule has 0 saturated heterocycles. The van der Waals surface area contributed by atoms with Gasteiger partial charge in [0.15, 0.2) is 0 Å². The van der Waals surface area contributed by atoms with Crippen molar-refractivity contribution < 1.29 is 9.53 Å². The minimum atomic E-state index is -2.29. The van der Waals surface area contributed by atoms with E-state index in [2.05, 4.69) is 30.0 Å². The van der Waals surface area contributed by atoms with Gasteiger partial charge in [0.05, 0.1) is 0 Å². The van der Waals surface area contributed by atoms with E-state index < -0.39 is 18.4 Å². The van der Waals surface area contributed by atoms with E-state index in [1.165, 1.54) is 0 Å². The van der Waals surface area contributed by atoms with Crippen LogP contribution >= 0.6 is 0 Å². The number of carbonyl (C=O) groups excluding carboxylic acids is 1. The van der Waals surface area contributed by atoms with E-state index in [9.17, 15) is 4.79 Å². The molecule has 1 aromatic heterocycles. The number of nitrogens with zero attached hydrogens (tertiary/aromatic N) is 3. The molecular formula is C16H26N4O2Sn. The first-order chi connectivity index (χ1) is 10.9. The molecule has 6 nitrogen and oxygen atoms in total. The van der Waals surface area contributed by atoms with Crippen LogP contribution in [0.5, 0.6) is 0 Å². The van der Waals surface area contributed by atoms with Crippen LogP contribution in [0.4, 0.5) is 11.6 Å². The van der Waals surface area contributed by atoms with Crippen LogP contribution in [0.3, 0.4) is 0 Å². The zero-order valence-corrected chi connectivity index (χ0v) is 17.3. The van der Waals surface area contributed by atoms with Gasteiger partial charge in [-0.15, -0.1) is 0 Å². The second kappa shape index (κ2) is 6.55. The molecule has 1 N–H and O–H groups in total. The molecule has 0 aromatic carbocycles. The number of hydrogen-bond acceptors (Lipinski definition) is 5. The molecule has 0 spiro atoms. The van der Waals surface area contributed by atoms with E-state index in [4.69, 9.17) is 9.72 Å². The average molecular weight is 425 g/mol. The van der Waals surface area contributed by atoms with E-state index in [1.54, 1.807) is 7.11 Å². The Hall–Kier alpha value is -0.891. The van der Waals surface area contributed by atoms with Crippen LogP contribution in [0, 0.1) is 0 Å². The van der Waals surface area contributed by atoms with Gasteiger partial charge in [0, 0.05) is 0 Å². The zero-order valence-electron chi connectivity index (χ0n) is 14.4. The third kappa shape index (κ3) is 3.63. The van der Waals surface area contributed by atoms with Crippen molar-refractivity contribution in [3.63, 3.8) is 0 Å². The first-order valence-corrected chi connectivity index (χ1v) is 18.3. The van der Waals surface area contributed by atoms with Crippen molar-refractivity contribution in [2.75, 3.05) is 23.9 Å². The fourth-order valence-corrected chi connectivity index (χ4v) is 5.87. The van der Waals surface area contributed by atoms with Crippen molar-refractivity contribution in [3.8, 4) is 0 Å². The Morgan fingerprint density at radius 3 is 2.57 bits per heavy atom. The topological polar surface area (TPSA) is 67.3 Å². The number of hydrogen-bond donors (Lipinski definition) is 1. The summed E-state index contributed by atoms with van der Waals surface area (Å²) in [5, 5.41) is 2.87. The number of amides is 1. The van der Waals surface area contributed by atoms with Gasteiger partial charge in [-0.05, 0) is 0 Å². The van der Waals surface area contributed by atoms with Gasteiger partial charge in [-0.1, -0.05) is 0 Å². The number of aromatic nitrogens is 2. The molecule has 1 aliphatic carbocycles. The van der Waals surface area contributed by atoms with Gasteiger partial charge in [-0.25, -0.2) is 0 Å². The molecule has 2 aliphatic rings. The summed E-state index contributed by atoms with van der Waals surface area (Å²) in [5.74, 6) is 1.50. The van der Waals surface area contributed by atoms with Gasteiger partial charge >= 0.3 is 142 Å². The molecular weight excluding hydrogens is 399 g/mol. The Bertz CT molecular complexity index is 594. The normalized spacial score (nSPS) is 25.0. The third-order valence-corrected chi connectivity index (χ3v) is 9.86. The summed E-state index contributed by atoms with van der Waals surface area (Å²) in [7, 11) is 1.78. The van der Waals surface area contributed by atoms with Gasteiger partial charge in [0.2, 0.25) is 0 Å². The molecule has 0 atom stereocenters. The third-order valence-electron chi connectivity index (χ3n) is 4.78. The molecule has 0 unspecified atom stereocenters. The molecule has 0 bridgehead atoms. The summed E-state index contributed by atoms with van der Waals surface area (Å²) >= 11 is -2.29. The monoisotopic (exact) mass is 426 g/mol. The van der Waals surface area contributed by atoms with Crippen molar-refractivity contribution in [3.05, 3.63) is 6.20 Å². The molecule has 1 fully saturated rings. The molecule has 23 heavy (non-hydrogen) atoms. The molecule has 126 valence electrons. The number of nitrogens with one attached hydrogen (secondary N) is 1. The number of ether oxygens (including phenoxy) is 1. The summed E-state index contributed by atoms with van der Waals surface area (Å²) in [5.41, 5.74) is 0. The Morgan fingerprint density at radius 1 is 1.26 bits per heavy atom. The van der Waals surface area contributed by atoms with Crippen LogP contribution in [0.15, 0.2) is 6.20 Å². The van der Waals surface area contributed by atoms with Crippen LogP contribution < -0.4 is 13.9 Å². The van der Waals surface area contributed by atoms with Crippen molar-refractivity contribution in [1.29, 1.82) is 0 Å². The van der Waals surface area contributed by atoms with Crippen molar-refractivity contribution in [1.82, 2.24) is 9.97 Å². The summed E-state index contributed by atoms with van der Waals surface area (Å²) in [4.78, 5) is 30.7. The van der Waals surface area contributed by atoms with Crippen molar-refractivity contribution in [2.45, 2.75) is 52.6 Å². The van der Waals surface area contributed by atoms with Gasteiger partial charge < -0.3 is 0 Å². The molecule has 1 aliphatic heterocycles. The van der Waals surface area contributed by atoms with E-state index >= 15 is 0 Å². The van der Waals surface area contributed by atoms with E-state index in [1.807, 2.05) is 6.20 Å². The molecule has 3 rings (SSSR count). The molecule has 0 radical (unpaired) electrons. The number of rotatable bonds is 3. The number of fused-ring (bicyclic) bond motifs is 1. The number of anilines is 2. The van der Waals surface area contributed by atoms with E-state index in [0.29, 0.717) is 24.5 Å². The van der Waals surface area contributed by atoms with Crippen LogP contribution in [0.1, 0.15) is 25.7 Å². The second-order valence-electron chi connectivity index (χ2n) is 7.52. The Morgan fingerprint density at radius 2 is 1.96 bits per heavy atom. The Balaban J connectivity index is 1.89. The maximum absolute atomic E-state index is 12.0. The predicted octanol–water partition coefficient (Wildman–Crippen LogP) is 1.74. The fraction of sp³-hybridized carbons (Fsp3) is 0.688. The summed E-state index contributed by atoms with van der Waals surface area (Å²) in [6.45, 7) is 0.382. The van der Waals surface area contributed by atoms with Crippen molar-refractivity contribution in [2.24, 2.45) is 0 Å². The predicted molar refractivity (Wildman–Crippen MR) is 94.0 cm³/mol. The zero-order chi connectivity index (χ0) is 16.6. The quantitative estimate of drug-likeness (QED) is 0.748. The summed E-state index contributed by atoms with van der Waals surface area (Å²) in [6.07, 6.45) is 6.37. The maximum atomic E-state index is 12.0.